The predicted molar refractivity (Wildman–Crippen MR) is 104 cm³/mol. The molecular formula is C20H17N3O6. The molecule has 0 aliphatic heterocycles. The average molecular weight is 395 g/mol. The summed E-state index contributed by atoms with van der Waals surface area (Å²) in [7, 11) is 1.37. The predicted octanol–water partition coefficient (Wildman–Crippen LogP) is 2.58. The number of carbonyl (C=O) groups is 2. The topological polar surface area (TPSA) is 132 Å². The van der Waals surface area contributed by atoms with Gasteiger partial charge in [0.25, 0.3) is 11.6 Å². The maximum Gasteiger partial charge on any atom is 0.326 e. The Morgan fingerprint density at radius 2 is 1.97 bits per heavy atom. The first kappa shape index (κ1) is 19.7. The molecule has 1 atom stereocenters. The third-order valence-corrected chi connectivity index (χ3v) is 4.33. The van der Waals surface area contributed by atoms with Gasteiger partial charge < -0.3 is 15.2 Å². The monoisotopic (exact) mass is 395 g/mol. The summed E-state index contributed by atoms with van der Waals surface area (Å²) in [6.45, 7) is 0. The number of ether oxygens (including phenoxy) is 1. The third-order valence-electron chi connectivity index (χ3n) is 4.33. The number of nitro groups is 1. The molecule has 3 rings (SSSR count). The molecule has 0 radical (unpaired) electrons. The molecule has 0 saturated heterocycles. The van der Waals surface area contributed by atoms with Gasteiger partial charge in [-0.3, -0.25) is 14.9 Å². The second-order valence-corrected chi connectivity index (χ2v) is 6.21. The van der Waals surface area contributed by atoms with E-state index in [9.17, 15) is 24.8 Å². The molecule has 0 spiro atoms. The van der Waals surface area contributed by atoms with Gasteiger partial charge in [0, 0.05) is 29.5 Å². The van der Waals surface area contributed by atoms with E-state index < -0.39 is 22.8 Å². The Morgan fingerprint density at radius 1 is 1.21 bits per heavy atom. The molecule has 9 nitrogen and oxygen atoms in total. The highest BCUT2D eigenvalue weighted by Gasteiger charge is 2.24. The molecule has 2 aromatic carbocycles. The first-order valence-electron chi connectivity index (χ1n) is 8.60. The van der Waals surface area contributed by atoms with E-state index in [2.05, 4.69) is 10.3 Å². The van der Waals surface area contributed by atoms with Crippen molar-refractivity contribution in [1.29, 1.82) is 0 Å². The maximum atomic E-state index is 12.5. The van der Waals surface area contributed by atoms with E-state index >= 15 is 0 Å². The lowest BCUT2D eigenvalue weighted by Gasteiger charge is -2.16. The fraction of sp³-hybridized carbons (Fsp3) is 0.150. The second kappa shape index (κ2) is 8.34. The summed E-state index contributed by atoms with van der Waals surface area (Å²) in [5, 5.41) is 23.8. The zero-order chi connectivity index (χ0) is 21.0. The number of hydrogen-bond donors (Lipinski definition) is 2. The molecule has 0 bridgehead atoms. The Morgan fingerprint density at radius 3 is 2.66 bits per heavy atom. The number of nitro benzene ring substituents is 1. The van der Waals surface area contributed by atoms with Gasteiger partial charge in [-0.2, -0.15) is 0 Å². The molecule has 0 aliphatic rings. The van der Waals surface area contributed by atoms with Crippen LogP contribution in [0.5, 0.6) is 5.75 Å². The lowest BCUT2D eigenvalue weighted by molar-refractivity contribution is -0.384. The fourth-order valence-electron chi connectivity index (χ4n) is 2.88. The van der Waals surface area contributed by atoms with Gasteiger partial charge in [0.1, 0.15) is 17.5 Å². The smallest absolute Gasteiger partial charge is 0.326 e. The molecule has 1 heterocycles. The molecule has 2 N–H and O–H groups in total. The number of benzene rings is 2. The standard InChI is InChI=1S/C20H17N3O6/c1-29-18-9-7-14(23(27)28)10-13(18)11-17(20(25)26)22-19(24)16-8-6-12-4-2-3-5-15(12)21-16/h2-10,17H,11H2,1H3,(H,22,24)(H,25,26)/t17-/m0/s1. The minimum Gasteiger partial charge on any atom is -0.496 e. The quantitative estimate of drug-likeness (QED) is 0.464. The molecule has 148 valence electrons. The van der Waals surface area contributed by atoms with E-state index in [-0.39, 0.29) is 17.8 Å². The Balaban J connectivity index is 1.84. The summed E-state index contributed by atoms with van der Waals surface area (Å²) in [6, 6.07) is 13.0. The number of nitrogens with one attached hydrogen (secondary N) is 1. The van der Waals surface area contributed by atoms with E-state index in [4.69, 9.17) is 4.74 Å². The lowest BCUT2D eigenvalue weighted by atomic mass is 10.0. The van der Waals surface area contributed by atoms with Crippen LogP contribution in [-0.4, -0.2) is 40.0 Å². The highest BCUT2D eigenvalue weighted by Crippen LogP contribution is 2.25. The van der Waals surface area contributed by atoms with Gasteiger partial charge in [0.15, 0.2) is 0 Å². The van der Waals surface area contributed by atoms with Crippen molar-refractivity contribution in [2.75, 3.05) is 7.11 Å². The molecule has 0 aliphatic carbocycles. The van der Waals surface area contributed by atoms with Crippen LogP contribution < -0.4 is 10.1 Å². The van der Waals surface area contributed by atoms with Crippen LogP contribution in [0.25, 0.3) is 10.9 Å². The molecule has 0 fully saturated rings. The molecule has 29 heavy (non-hydrogen) atoms. The molecule has 0 unspecified atom stereocenters. The first-order chi connectivity index (χ1) is 13.9. The van der Waals surface area contributed by atoms with E-state index in [0.29, 0.717) is 16.8 Å². The summed E-state index contributed by atoms with van der Waals surface area (Å²) in [5.74, 6) is -1.65. The van der Waals surface area contributed by atoms with Crippen molar-refractivity contribution in [2.24, 2.45) is 0 Å². The van der Waals surface area contributed by atoms with Crippen molar-refractivity contribution in [2.45, 2.75) is 12.5 Å². The van der Waals surface area contributed by atoms with E-state index in [1.807, 2.05) is 12.1 Å². The van der Waals surface area contributed by atoms with Crippen LogP contribution in [0.4, 0.5) is 5.69 Å². The van der Waals surface area contributed by atoms with E-state index in [0.717, 1.165) is 5.39 Å². The van der Waals surface area contributed by atoms with Crippen LogP contribution in [0.3, 0.4) is 0 Å². The van der Waals surface area contributed by atoms with Crippen molar-refractivity contribution < 1.29 is 24.4 Å². The third kappa shape index (κ3) is 4.46. The van der Waals surface area contributed by atoms with Crippen LogP contribution in [0, 0.1) is 10.1 Å². The van der Waals surface area contributed by atoms with Crippen LogP contribution in [0.2, 0.25) is 0 Å². The van der Waals surface area contributed by atoms with Gasteiger partial charge in [0.2, 0.25) is 0 Å². The molecule has 1 aromatic heterocycles. The number of amides is 1. The van der Waals surface area contributed by atoms with Crippen molar-refractivity contribution in [3.8, 4) is 5.75 Å². The number of carboxylic acid groups (broad SMARTS) is 1. The normalized spacial score (nSPS) is 11.6. The Labute approximate surface area is 165 Å². The number of nitrogens with zero attached hydrogens (tertiary/aromatic N) is 2. The number of para-hydroxylation sites is 1. The molecule has 0 saturated carbocycles. The summed E-state index contributed by atoms with van der Waals surface area (Å²) in [4.78, 5) is 38.9. The van der Waals surface area contributed by atoms with Gasteiger partial charge in [-0.1, -0.05) is 24.3 Å². The second-order valence-electron chi connectivity index (χ2n) is 6.21. The summed E-state index contributed by atoms with van der Waals surface area (Å²) in [5.41, 5.74) is 0.765. The molecule has 1 amide bonds. The minimum absolute atomic E-state index is 0.0703. The van der Waals surface area contributed by atoms with Crippen LogP contribution >= 0.6 is 0 Å². The number of rotatable bonds is 7. The van der Waals surface area contributed by atoms with Crippen molar-refractivity contribution >= 4 is 28.5 Å². The molecule has 3 aromatic rings. The number of carboxylic acids is 1. The Bertz CT molecular complexity index is 1100. The van der Waals surface area contributed by atoms with Crippen molar-refractivity contribution in [3.05, 3.63) is 76.0 Å². The summed E-state index contributed by atoms with van der Waals surface area (Å²) < 4.78 is 5.16. The van der Waals surface area contributed by atoms with Crippen LogP contribution in [0.1, 0.15) is 16.1 Å². The lowest BCUT2D eigenvalue weighted by Crippen LogP contribution is -2.42. The summed E-state index contributed by atoms with van der Waals surface area (Å²) in [6.07, 6.45) is -0.195. The van der Waals surface area contributed by atoms with E-state index in [1.54, 1.807) is 18.2 Å². The number of pyridine rings is 1. The minimum atomic E-state index is -1.33. The van der Waals surface area contributed by atoms with Gasteiger partial charge in [0.05, 0.1) is 17.5 Å². The zero-order valence-corrected chi connectivity index (χ0v) is 15.4. The van der Waals surface area contributed by atoms with Gasteiger partial charge in [-0.25, -0.2) is 9.78 Å². The Hall–Kier alpha value is -4.01. The molecule has 9 heteroatoms. The van der Waals surface area contributed by atoms with Crippen molar-refractivity contribution in [3.63, 3.8) is 0 Å². The number of hydrogen-bond acceptors (Lipinski definition) is 6. The average Bonchev–Trinajstić information content (AvgIpc) is 2.72. The van der Waals surface area contributed by atoms with Crippen molar-refractivity contribution in [1.82, 2.24) is 10.3 Å². The maximum absolute atomic E-state index is 12.5. The highest BCUT2D eigenvalue weighted by molar-refractivity contribution is 5.97. The first-order valence-corrected chi connectivity index (χ1v) is 8.60. The number of methoxy groups -OCH3 is 1. The van der Waals surface area contributed by atoms with E-state index in [1.165, 1.54) is 31.4 Å². The SMILES string of the molecule is COc1ccc([N+](=O)[O-])cc1C[C@H](NC(=O)c1ccc2ccccc2n1)C(=O)O. The van der Waals surface area contributed by atoms with Gasteiger partial charge in [-0.05, 0) is 18.2 Å². The Kier molecular flexibility index (Phi) is 5.68. The number of fused-ring (bicyclic) bond motifs is 1. The van der Waals surface area contributed by atoms with Crippen LogP contribution in [-0.2, 0) is 11.2 Å². The largest absolute Gasteiger partial charge is 0.496 e. The molecular weight excluding hydrogens is 378 g/mol. The van der Waals surface area contributed by atoms with Gasteiger partial charge >= 0.3 is 5.97 Å². The highest BCUT2D eigenvalue weighted by atomic mass is 16.6. The number of aliphatic carboxylic acids is 1. The zero-order valence-electron chi connectivity index (χ0n) is 15.4. The summed E-state index contributed by atoms with van der Waals surface area (Å²) >= 11 is 0. The number of non-ortho nitro benzene ring substituents is 1. The van der Waals surface area contributed by atoms with Gasteiger partial charge in [-0.15, -0.1) is 0 Å². The van der Waals surface area contributed by atoms with Crippen LogP contribution in [0.15, 0.2) is 54.6 Å². The fourth-order valence-corrected chi connectivity index (χ4v) is 2.88. The number of aromatic nitrogens is 1. The number of carbonyl (C=O) groups excluding carboxylic acids is 1.